The van der Waals surface area contributed by atoms with Crippen molar-refractivity contribution in [2.45, 2.75) is 12.1 Å². The molecule has 20 heavy (non-hydrogen) atoms. The topological polar surface area (TPSA) is 29.1 Å². The minimum absolute atomic E-state index is 0.0755. The molecule has 0 aliphatic rings. The molecule has 5 heteroatoms. The number of anilines is 1. The summed E-state index contributed by atoms with van der Waals surface area (Å²) in [4.78, 5) is 11.9. The molecule has 2 rings (SSSR count). The summed E-state index contributed by atoms with van der Waals surface area (Å²) in [6.45, 7) is 0. The molecule has 2 nitrogen and oxygen atoms in total. The lowest BCUT2D eigenvalue weighted by molar-refractivity contribution is -0.161. The minimum atomic E-state index is -4.64. The number of hydrogen-bond donors (Lipinski definition) is 1. The van der Waals surface area contributed by atoms with E-state index in [-0.39, 0.29) is 5.56 Å². The lowest BCUT2D eigenvalue weighted by Crippen LogP contribution is -2.32. The Kier molecular flexibility index (Phi) is 4.08. The number of hydrogen-bond acceptors (Lipinski definition) is 1. The van der Waals surface area contributed by atoms with Crippen LogP contribution in [0.4, 0.5) is 18.9 Å². The van der Waals surface area contributed by atoms with Crippen molar-refractivity contribution in [3.63, 3.8) is 0 Å². The second kappa shape index (κ2) is 5.77. The van der Waals surface area contributed by atoms with Gasteiger partial charge in [-0.25, -0.2) is 0 Å². The fraction of sp³-hybridized carbons (Fsp3) is 0.133. The van der Waals surface area contributed by atoms with Crippen LogP contribution in [-0.4, -0.2) is 12.1 Å². The van der Waals surface area contributed by atoms with Gasteiger partial charge in [-0.2, -0.15) is 13.2 Å². The Balaban J connectivity index is 2.26. The molecule has 0 fully saturated rings. The van der Waals surface area contributed by atoms with Crippen LogP contribution >= 0.6 is 0 Å². The number of carbonyl (C=O) groups excluding carboxylic acids is 1. The first-order chi connectivity index (χ1) is 9.48. The van der Waals surface area contributed by atoms with E-state index in [2.05, 4.69) is 5.32 Å². The van der Waals surface area contributed by atoms with Crippen LogP contribution in [0.5, 0.6) is 0 Å². The first-order valence-corrected chi connectivity index (χ1v) is 5.96. The zero-order chi connectivity index (χ0) is 14.6. The number of nitrogens with one attached hydrogen (secondary N) is 1. The van der Waals surface area contributed by atoms with Crippen LogP contribution in [0.2, 0.25) is 0 Å². The number of para-hydroxylation sites is 1. The second-order valence-electron chi connectivity index (χ2n) is 4.24. The van der Waals surface area contributed by atoms with Gasteiger partial charge in [0, 0.05) is 5.69 Å². The van der Waals surface area contributed by atoms with Gasteiger partial charge in [-0.1, -0.05) is 48.5 Å². The van der Waals surface area contributed by atoms with Crippen LogP contribution < -0.4 is 5.32 Å². The molecular weight excluding hydrogens is 267 g/mol. The smallest absolute Gasteiger partial charge is 0.325 e. The van der Waals surface area contributed by atoms with Gasteiger partial charge < -0.3 is 5.32 Å². The molecule has 1 amide bonds. The van der Waals surface area contributed by atoms with Crippen LogP contribution in [0.3, 0.4) is 0 Å². The molecule has 0 spiro atoms. The predicted octanol–water partition coefficient (Wildman–Crippen LogP) is 3.97. The van der Waals surface area contributed by atoms with Crippen molar-refractivity contribution in [1.29, 1.82) is 0 Å². The summed E-state index contributed by atoms with van der Waals surface area (Å²) in [7, 11) is 0. The summed E-state index contributed by atoms with van der Waals surface area (Å²) >= 11 is 0. The minimum Gasteiger partial charge on any atom is -0.325 e. The summed E-state index contributed by atoms with van der Waals surface area (Å²) < 4.78 is 39.3. The van der Waals surface area contributed by atoms with Crippen LogP contribution in [0.15, 0.2) is 60.7 Å². The molecule has 0 heterocycles. The fourth-order valence-electron chi connectivity index (χ4n) is 1.87. The number of halogens is 3. The van der Waals surface area contributed by atoms with Crippen molar-refractivity contribution in [1.82, 2.24) is 0 Å². The van der Waals surface area contributed by atoms with Gasteiger partial charge in [-0.3, -0.25) is 4.79 Å². The molecule has 1 N–H and O–H groups in total. The summed E-state index contributed by atoms with van der Waals surface area (Å²) in [6.07, 6.45) is -4.64. The first kappa shape index (κ1) is 14.1. The van der Waals surface area contributed by atoms with E-state index in [0.717, 1.165) is 0 Å². The molecule has 0 bridgehead atoms. The highest BCUT2D eigenvalue weighted by Gasteiger charge is 2.45. The standard InChI is InChI=1S/C15H12F3NO/c16-15(17,18)13(11-7-3-1-4-8-11)14(20)19-12-9-5-2-6-10-12/h1-10,13H,(H,19,20)/t13-/m0/s1. The van der Waals surface area contributed by atoms with Crippen molar-refractivity contribution in [3.05, 3.63) is 66.2 Å². The maximum atomic E-state index is 13.1. The zero-order valence-electron chi connectivity index (χ0n) is 10.4. The molecule has 0 saturated carbocycles. The molecule has 0 aromatic heterocycles. The van der Waals surface area contributed by atoms with Gasteiger partial charge in [0.05, 0.1) is 0 Å². The highest BCUT2D eigenvalue weighted by Crippen LogP contribution is 2.35. The van der Waals surface area contributed by atoms with Crippen molar-refractivity contribution >= 4 is 11.6 Å². The lowest BCUT2D eigenvalue weighted by atomic mass is 9.97. The SMILES string of the molecule is O=C(Nc1ccccc1)[C@H](c1ccccc1)C(F)(F)F. The normalized spacial score (nSPS) is 12.8. The lowest BCUT2D eigenvalue weighted by Gasteiger charge is -2.20. The molecule has 2 aromatic rings. The van der Waals surface area contributed by atoms with Crippen molar-refractivity contribution in [3.8, 4) is 0 Å². The Labute approximate surface area is 114 Å². The highest BCUT2D eigenvalue weighted by atomic mass is 19.4. The van der Waals surface area contributed by atoms with Gasteiger partial charge in [0.2, 0.25) is 5.91 Å². The molecule has 2 aromatic carbocycles. The highest BCUT2D eigenvalue weighted by molar-refractivity contribution is 5.96. The molecule has 0 saturated heterocycles. The summed E-state index contributed by atoms with van der Waals surface area (Å²) in [6, 6.07) is 15.2. The van der Waals surface area contributed by atoms with Crippen LogP contribution in [-0.2, 0) is 4.79 Å². The molecule has 0 radical (unpaired) electrons. The van der Waals surface area contributed by atoms with Gasteiger partial charge >= 0.3 is 6.18 Å². The Morgan fingerprint density at radius 2 is 1.40 bits per heavy atom. The average molecular weight is 279 g/mol. The number of benzene rings is 2. The third-order valence-corrected chi connectivity index (χ3v) is 2.76. The predicted molar refractivity (Wildman–Crippen MR) is 70.3 cm³/mol. The van der Waals surface area contributed by atoms with E-state index in [9.17, 15) is 18.0 Å². The van der Waals surface area contributed by atoms with Crippen molar-refractivity contribution in [2.75, 3.05) is 5.32 Å². The van der Waals surface area contributed by atoms with E-state index >= 15 is 0 Å². The zero-order valence-corrected chi connectivity index (χ0v) is 10.4. The Morgan fingerprint density at radius 1 is 0.900 bits per heavy atom. The monoisotopic (exact) mass is 279 g/mol. The molecule has 0 aliphatic carbocycles. The molecular formula is C15H12F3NO. The number of carbonyl (C=O) groups is 1. The second-order valence-corrected chi connectivity index (χ2v) is 4.24. The molecule has 1 atom stereocenters. The summed E-state index contributed by atoms with van der Waals surface area (Å²) in [5.41, 5.74) is 0.260. The van der Waals surface area contributed by atoms with Gasteiger partial charge in [-0.15, -0.1) is 0 Å². The summed E-state index contributed by atoms with van der Waals surface area (Å²) in [5.74, 6) is -3.26. The number of rotatable bonds is 3. The van der Waals surface area contributed by atoms with E-state index in [4.69, 9.17) is 0 Å². The van der Waals surface area contributed by atoms with E-state index in [1.165, 1.54) is 36.4 Å². The molecule has 0 aliphatic heterocycles. The van der Waals surface area contributed by atoms with E-state index < -0.39 is 18.0 Å². The van der Waals surface area contributed by atoms with E-state index in [1.54, 1.807) is 24.3 Å². The van der Waals surface area contributed by atoms with Crippen LogP contribution in [0, 0.1) is 0 Å². The summed E-state index contributed by atoms with van der Waals surface area (Å²) in [5, 5.41) is 2.29. The van der Waals surface area contributed by atoms with E-state index in [1.807, 2.05) is 0 Å². The first-order valence-electron chi connectivity index (χ1n) is 5.96. The molecule has 104 valence electrons. The van der Waals surface area contributed by atoms with Crippen molar-refractivity contribution in [2.24, 2.45) is 0 Å². The average Bonchev–Trinajstić information content (AvgIpc) is 2.39. The van der Waals surface area contributed by atoms with Crippen LogP contribution in [0.1, 0.15) is 11.5 Å². The third-order valence-electron chi connectivity index (χ3n) is 2.76. The Bertz CT molecular complexity index is 567. The van der Waals surface area contributed by atoms with Gasteiger partial charge in [0.25, 0.3) is 0 Å². The number of alkyl halides is 3. The van der Waals surface area contributed by atoms with Gasteiger partial charge in [0.1, 0.15) is 0 Å². The fourth-order valence-corrected chi connectivity index (χ4v) is 1.87. The van der Waals surface area contributed by atoms with Crippen LogP contribution in [0.25, 0.3) is 0 Å². The third kappa shape index (κ3) is 3.38. The van der Waals surface area contributed by atoms with E-state index in [0.29, 0.717) is 5.69 Å². The van der Waals surface area contributed by atoms with Gasteiger partial charge in [-0.05, 0) is 17.7 Å². The quantitative estimate of drug-likeness (QED) is 0.905. The largest absolute Gasteiger partial charge is 0.404 e. The Hall–Kier alpha value is -2.30. The maximum absolute atomic E-state index is 13.1. The maximum Gasteiger partial charge on any atom is 0.404 e. The van der Waals surface area contributed by atoms with Crippen molar-refractivity contribution < 1.29 is 18.0 Å². The van der Waals surface area contributed by atoms with Gasteiger partial charge in [0.15, 0.2) is 5.92 Å². The molecule has 0 unspecified atom stereocenters. The number of amides is 1. The Morgan fingerprint density at radius 3 is 1.90 bits per heavy atom.